The van der Waals surface area contributed by atoms with E-state index in [0.29, 0.717) is 11.8 Å². The number of rotatable bonds is 2. The Morgan fingerprint density at radius 1 is 1.25 bits per heavy atom. The molecule has 3 heterocycles. The molecule has 88 valence electrons. The van der Waals surface area contributed by atoms with E-state index in [2.05, 4.69) is 10.7 Å². The molecule has 2 aliphatic heterocycles. The molecule has 0 spiro atoms. The molecule has 3 nitrogen and oxygen atoms in total. The molecule has 0 bridgehead atoms. The van der Waals surface area contributed by atoms with E-state index < -0.39 is 0 Å². The molecule has 0 amide bonds. The van der Waals surface area contributed by atoms with Crippen molar-refractivity contribution in [2.24, 2.45) is 0 Å². The third-order valence-electron chi connectivity index (χ3n) is 3.59. The van der Waals surface area contributed by atoms with Crippen LogP contribution >= 0.6 is 11.3 Å². The van der Waals surface area contributed by atoms with Crippen molar-refractivity contribution in [3.63, 3.8) is 0 Å². The van der Waals surface area contributed by atoms with E-state index in [1.54, 1.807) is 0 Å². The van der Waals surface area contributed by atoms with Crippen LogP contribution in [0.15, 0.2) is 5.38 Å². The summed E-state index contributed by atoms with van der Waals surface area (Å²) >= 11 is 1.85. The Labute approximate surface area is 100 Å². The van der Waals surface area contributed by atoms with Crippen LogP contribution in [-0.4, -0.2) is 31.3 Å². The Balaban J connectivity index is 1.71. The van der Waals surface area contributed by atoms with Crippen LogP contribution in [0, 0.1) is 0 Å². The minimum absolute atomic E-state index is 0.655. The summed E-state index contributed by atoms with van der Waals surface area (Å²) in [5.41, 5.74) is 1.32. The zero-order valence-electron chi connectivity index (χ0n) is 9.45. The quantitative estimate of drug-likeness (QED) is 0.857. The summed E-state index contributed by atoms with van der Waals surface area (Å²) in [4.78, 5) is 4.84. The van der Waals surface area contributed by atoms with Crippen molar-refractivity contribution >= 4 is 11.3 Å². The standard InChI is InChI=1S/C12H18N2OS/c1-4-13-7-10(1)11-8-16-12(14-11)9-2-5-15-6-3-9/h8-10,13H,1-7H2. The van der Waals surface area contributed by atoms with Crippen LogP contribution in [0.4, 0.5) is 0 Å². The maximum absolute atomic E-state index is 5.39. The van der Waals surface area contributed by atoms with Gasteiger partial charge in [-0.15, -0.1) is 11.3 Å². The lowest BCUT2D eigenvalue weighted by atomic mass is 10.0. The van der Waals surface area contributed by atoms with Gasteiger partial charge in [-0.1, -0.05) is 0 Å². The average Bonchev–Trinajstić information content (AvgIpc) is 3.01. The molecule has 2 fully saturated rings. The maximum atomic E-state index is 5.39. The van der Waals surface area contributed by atoms with Gasteiger partial charge in [0.25, 0.3) is 0 Å². The highest BCUT2D eigenvalue weighted by atomic mass is 32.1. The molecule has 2 aliphatic rings. The zero-order valence-corrected chi connectivity index (χ0v) is 10.3. The van der Waals surface area contributed by atoms with Gasteiger partial charge in [-0.2, -0.15) is 0 Å². The van der Waals surface area contributed by atoms with Crippen LogP contribution in [0.3, 0.4) is 0 Å². The van der Waals surface area contributed by atoms with Gasteiger partial charge in [0, 0.05) is 37.0 Å². The molecule has 0 saturated carbocycles. The molecule has 1 atom stereocenters. The van der Waals surface area contributed by atoms with Crippen molar-refractivity contribution in [2.45, 2.75) is 31.1 Å². The highest BCUT2D eigenvalue weighted by Gasteiger charge is 2.23. The van der Waals surface area contributed by atoms with Gasteiger partial charge in [0.1, 0.15) is 0 Å². The maximum Gasteiger partial charge on any atom is 0.0961 e. The van der Waals surface area contributed by atoms with Crippen LogP contribution in [0.1, 0.15) is 41.8 Å². The minimum atomic E-state index is 0.655. The van der Waals surface area contributed by atoms with E-state index in [9.17, 15) is 0 Å². The van der Waals surface area contributed by atoms with E-state index in [1.807, 2.05) is 11.3 Å². The fraction of sp³-hybridized carbons (Fsp3) is 0.750. The molecule has 0 radical (unpaired) electrons. The van der Waals surface area contributed by atoms with Crippen LogP contribution in [-0.2, 0) is 4.74 Å². The van der Waals surface area contributed by atoms with Crippen LogP contribution in [0.5, 0.6) is 0 Å². The molecule has 2 saturated heterocycles. The highest BCUT2D eigenvalue weighted by molar-refractivity contribution is 7.09. The zero-order chi connectivity index (χ0) is 10.8. The number of ether oxygens (including phenoxy) is 1. The molecule has 0 aromatic carbocycles. The number of aromatic nitrogens is 1. The lowest BCUT2D eigenvalue weighted by molar-refractivity contribution is 0.0852. The Hall–Kier alpha value is -0.450. The number of nitrogens with one attached hydrogen (secondary N) is 1. The van der Waals surface area contributed by atoms with Gasteiger partial charge in [0.2, 0.25) is 0 Å². The second-order valence-corrected chi connectivity index (χ2v) is 5.58. The number of nitrogens with zero attached hydrogens (tertiary/aromatic N) is 1. The molecule has 0 aliphatic carbocycles. The van der Waals surface area contributed by atoms with Gasteiger partial charge in [0.05, 0.1) is 10.7 Å². The Morgan fingerprint density at radius 2 is 2.12 bits per heavy atom. The Morgan fingerprint density at radius 3 is 2.88 bits per heavy atom. The van der Waals surface area contributed by atoms with Crippen molar-refractivity contribution in [1.82, 2.24) is 10.3 Å². The van der Waals surface area contributed by atoms with Gasteiger partial charge in [-0.25, -0.2) is 4.98 Å². The molecular formula is C12H18N2OS. The largest absolute Gasteiger partial charge is 0.381 e. The van der Waals surface area contributed by atoms with Crippen molar-refractivity contribution in [2.75, 3.05) is 26.3 Å². The summed E-state index contributed by atoms with van der Waals surface area (Å²) in [5.74, 6) is 1.31. The third kappa shape index (κ3) is 2.14. The number of thiazole rings is 1. The first-order valence-electron chi connectivity index (χ1n) is 6.17. The Bertz CT molecular complexity index is 341. The molecular weight excluding hydrogens is 220 g/mol. The second-order valence-electron chi connectivity index (χ2n) is 4.69. The van der Waals surface area contributed by atoms with Gasteiger partial charge in [-0.05, 0) is 25.8 Å². The topological polar surface area (TPSA) is 34.1 Å². The normalized spacial score (nSPS) is 27.4. The molecule has 1 unspecified atom stereocenters. The minimum Gasteiger partial charge on any atom is -0.381 e. The number of hydrogen-bond donors (Lipinski definition) is 1. The summed E-state index contributed by atoms with van der Waals surface area (Å²) in [7, 11) is 0. The first-order chi connectivity index (χ1) is 7.93. The molecule has 3 rings (SSSR count). The van der Waals surface area contributed by atoms with E-state index in [0.717, 1.165) is 39.1 Å². The highest BCUT2D eigenvalue weighted by Crippen LogP contribution is 2.32. The first-order valence-corrected chi connectivity index (χ1v) is 7.05. The molecule has 1 aromatic rings. The van der Waals surface area contributed by atoms with Crippen molar-refractivity contribution in [1.29, 1.82) is 0 Å². The smallest absolute Gasteiger partial charge is 0.0961 e. The predicted molar refractivity (Wildman–Crippen MR) is 65.1 cm³/mol. The van der Waals surface area contributed by atoms with E-state index in [-0.39, 0.29) is 0 Å². The fourth-order valence-electron chi connectivity index (χ4n) is 2.53. The van der Waals surface area contributed by atoms with Crippen molar-refractivity contribution in [3.05, 3.63) is 16.1 Å². The van der Waals surface area contributed by atoms with Crippen molar-refractivity contribution in [3.8, 4) is 0 Å². The van der Waals surface area contributed by atoms with Gasteiger partial charge < -0.3 is 10.1 Å². The second kappa shape index (κ2) is 4.82. The van der Waals surface area contributed by atoms with Crippen LogP contribution in [0.2, 0.25) is 0 Å². The van der Waals surface area contributed by atoms with Crippen LogP contribution < -0.4 is 5.32 Å². The van der Waals surface area contributed by atoms with Crippen LogP contribution in [0.25, 0.3) is 0 Å². The van der Waals surface area contributed by atoms with E-state index >= 15 is 0 Å². The molecule has 16 heavy (non-hydrogen) atoms. The summed E-state index contributed by atoms with van der Waals surface area (Å²) < 4.78 is 5.39. The van der Waals surface area contributed by atoms with Gasteiger partial charge >= 0.3 is 0 Å². The third-order valence-corrected chi connectivity index (χ3v) is 4.61. The summed E-state index contributed by atoms with van der Waals surface area (Å²) in [5, 5.41) is 7.01. The lowest BCUT2D eigenvalue weighted by Gasteiger charge is -2.19. The summed E-state index contributed by atoms with van der Waals surface area (Å²) in [6.45, 7) is 4.07. The SMILES string of the molecule is c1sc(C2CCOCC2)nc1C1CCNC1. The Kier molecular flexibility index (Phi) is 3.22. The van der Waals surface area contributed by atoms with Gasteiger partial charge in [0.15, 0.2) is 0 Å². The summed E-state index contributed by atoms with van der Waals surface area (Å²) in [6, 6.07) is 0. The van der Waals surface area contributed by atoms with Gasteiger partial charge in [-0.3, -0.25) is 0 Å². The van der Waals surface area contributed by atoms with Crippen molar-refractivity contribution < 1.29 is 4.74 Å². The lowest BCUT2D eigenvalue weighted by Crippen LogP contribution is -2.14. The fourth-order valence-corrected chi connectivity index (χ4v) is 3.60. The molecule has 4 heteroatoms. The molecule has 1 N–H and O–H groups in total. The van der Waals surface area contributed by atoms with E-state index in [1.165, 1.54) is 17.1 Å². The molecule has 1 aromatic heterocycles. The van der Waals surface area contributed by atoms with E-state index in [4.69, 9.17) is 9.72 Å². The predicted octanol–water partition coefficient (Wildman–Crippen LogP) is 2.11. The monoisotopic (exact) mass is 238 g/mol. The average molecular weight is 238 g/mol. The first kappa shape index (κ1) is 10.7. The summed E-state index contributed by atoms with van der Waals surface area (Å²) in [6.07, 6.45) is 3.54. The number of hydrogen-bond acceptors (Lipinski definition) is 4.